The van der Waals surface area contributed by atoms with Crippen LogP contribution in [0.4, 0.5) is 0 Å². The minimum absolute atomic E-state index is 0.106. The molecule has 1 saturated carbocycles. The monoisotopic (exact) mass is 337 g/mol. The van der Waals surface area contributed by atoms with Crippen LogP contribution in [0.5, 0.6) is 0 Å². The van der Waals surface area contributed by atoms with Gasteiger partial charge in [-0.3, -0.25) is 9.69 Å². The second-order valence-corrected chi connectivity index (χ2v) is 8.88. The Balaban J connectivity index is 1.40. The largest absolute Gasteiger partial charge is 0.340 e. The van der Waals surface area contributed by atoms with E-state index in [0.29, 0.717) is 5.91 Å². The van der Waals surface area contributed by atoms with Gasteiger partial charge in [0.05, 0.1) is 11.0 Å². The van der Waals surface area contributed by atoms with Crippen LogP contribution in [0.15, 0.2) is 6.20 Å². The summed E-state index contributed by atoms with van der Waals surface area (Å²) in [5.74, 6) is 3.29. The Hall–Kier alpha value is -0.590. The first-order chi connectivity index (χ1) is 10.8. The van der Waals surface area contributed by atoms with Crippen LogP contribution in [-0.2, 0) is 11.3 Å². The molecule has 0 radical (unpaired) electrons. The number of aromatic nitrogens is 1. The van der Waals surface area contributed by atoms with Crippen LogP contribution in [-0.4, -0.2) is 57.9 Å². The Morgan fingerprint density at radius 1 is 1.23 bits per heavy atom. The molecule has 0 N–H and O–H groups in total. The van der Waals surface area contributed by atoms with Crippen molar-refractivity contribution in [1.29, 1.82) is 0 Å². The molecule has 0 aromatic carbocycles. The first-order valence-corrected chi connectivity index (χ1v) is 10.3. The smallest absolute Gasteiger partial charge is 0.239 e. The van der Waals surface area contributed by atoms with Gasteiger partial charge in [-0.15, -0.1) is 11.3 Å². The summed E-state index contributed by atoms with van der Waals surface area (Å²) < 4.78 is 0. The van der Waals surface area contributed by atoms with Crippen molar-refractivity contribution < 1.29 is 4.79 Å². The number of rotatable bonds is 4. The molecule has 1 aromatic heterocycles. The Morgan fingerprint density at radius 3 is 2.82 bits per heavy atom. The lowest BCUT2D eigenvalue weighted by atomic mass is 10.2. The summed E-state index contributed by atoms with van der Waals surface area (Å²) in [6.45, 7) is 3.82. The number of hydrogen-bond donors (Lipinski definition) is 0. The van der Waals surface area contributed by atoms with Crippen LogP contribution in [0, 0.1) is 0 Å². The quantitative estimate of drug-likeness (QED) is 0.846. The van der Waals surface area contributed by atoms with E-state index in [-0.39, 0.29) is 6.04 Å². The molecule has 22 heavy (non-hydrogen) atoms. The highest BCUT2D eigenvalue weighted by Crippen LogP contribution is 2.42. The predicted molar refractivity (Wildman–Crippen MR) is 91.4 cm³/mol. The number of carbonyl (C=O) groups is 1. The maximum absolute atomic E-state index is 12.8. The van der Waals surface area contributed by atoms with Gasteiger partial charge < -0.3 is 4.90 Å². The van der Waals surface area contributed by atoms with E-state index >= 15 is 0 Å². The molecule has 4 rings (SSSR count). The maximum Gasteiger partial charge on any atom is 0.239 e. The second-order valence-electron chi connectivity index (χ2n) is 6.51. The highest BCUT2D eigenvalue weighted by atomic mass is 32.2. The van der Waals surface area contributed by atoms with E-state index in [4.69, 9.17) is 0 Å². The molecule has 1 amide bonds. The van der Waals surface area contributed by atoms with Crippen LogP contribution in [0.1, 0.15) is 41.5 Å². The summed E-state index contributed by atoms with van der Waals surface area (Å²) in [5.41, 5.74) is 0. The van der Waals surface area contributed by atoms with E-state index in [0.717, 1.165) is 56.4 Å². The summed E-state index contributed by atoms with van der Waals surface area (Å²) in [6, 6.07) is 0.106. The molecule has 1 aromatic rings. The van der Waals surface area contributed by atoms with Crippen molar-refractivity contribution in [2.45, 2.75) is 44.2 Å². The number of likely N-dealkylation sites (tertiary alicyclic amines) is 1. The van der Waals surface area contributed by atoms with E-state index in [1.165, 1.54) is 22.7 Å². The molecule has 3 heterocycles. The zero-order valence-corrected chi connectivity index (χ0v) is 14.5. The van der Waals surface area contributed by atoms with Crippen molar-refractivity contribution in [3.63, 3.8) is 0 Å². The lowest BCUT2D eigenvalue weighted by Gasteiger charge is -2.32. The fourth-order valence-electron chi connectivity index (χ4n) is 3.40. The molecule has 6 heteroatoms. The molecule has 0 unspecified atom stereocenters. The molecule has 1 aliphatic carbocycles. The summed E-state index contributed by atoms with van der Waals surface area (Å²) in [4.78, 5) is 23.2. The molecule has 1 atom stereocenters. The Morgan fingerprint density at radius 2 is 2.05 bits per heavy atom. The number of hydrogen-bond acceptors (Lipinski definition) is 5. The Labute approximate surface area is 140 Å². The molecular formula is C16H23N3OS2. The SMILES string of the molecule is O=C([C@H]1CCCN1Cc1cnc(C2CC2)s1)N1CCSCC1. The fourth-order valence-corrected chi connectivity index (χ4v) is 5.42. The number of thiazole rings is 1. The minimum atomic E-state index is 0.106. The van der Waals surface area contributed by atoms with Gasteiger partial charge in [-0.05, 0) is 32.2 Å². The van der Waals surface area contributed by atoms with Crippen LogP contribution in [0.25, 0.3) is 0 Å². The van der Waals surface area contributed by atoms with E-state index in [1.807, 2.05) is 29.3 Å². The standard InChI is InChI=1S/C16H23N3OS2/c20-16(18-6-8-21-9-7-18)14-2-1-5-19(14)11-13-10-17-15(22-13)12-3-4-12/h10,12,14H,1-9,11H2/t14-/m1/s1. The molecular weight excluding hydrogens is 314 g/mol. The Bertz CT molecular complexity index is 537. The summed E-state index contributed by atoms with van der Waals surface area (Å²) in [6.07, 6.45) is 6.83. The minimum Gasteiger partial charge on any atom is -0.340 e. The molecule has 0 spiro atoms. The third-order valence-electron chi connectivity index (χ3n) is 4.83. The maximum atomic E-state index is 12.8. The van der Waals surface area contributed by atoms with Crippen molar-refractivity contribution in [2.24, 2.45) is 0 Å². The van der Waals surface area contributed by atoms with Gasteiger partial charge in [0, 0.05) is 48.1 Å². The summed E-state index contributed by atoms with van der Waals surface area (Å²) in [7, 11) is 0. The van der Waals surface area contributed by atoms with E-state index in [9.17, 15) is 4.79 Å². The van der Waals surface area contributed by atoms with Gasteiger partial charge >= 0.3 is 0 Å². The molecule has 2 aliphatic heterocycles. The molecule has 120 valence electrons. The van der Waals surface area contributed by atoms with Crippen LogP contribution in [0.3, 0.4) is 0 Å². The third-order valence-corrected chi connectivity index (χ3v) is 6.92. The highest BCUT2D eigenvalue weighted by Gasteiger charge is 2.34. The average Bonchev–Trinajstić information content (AvgIpc) is 3.13. The number of nitrogens with zero attached hydrogens (tertiary/aromatic N) is 3. The lowest BCUT2D eigenvalue weighted by Crippen LogP contribution is -2.48. The average molecular weight is 338 g/mol. The van der Waals surface area contributed by atoms with Gasteiger partial charge in [0.2, 0.25) is 5.91 Å². The van der Waals surface area contributed by atoms with Gasteiger partial charge in [0.15, 0.2) is 0 Å². The van der Waals surface area contributed by atoms with Crippen LogP contribution < -0.4 is 0 Å². The van der Waals surface area contributed by atoms with E-state index in [1.54, 1.807) is 0 Å². The molecule has 2 saturated heterocycles. The van der Waals surface area contributed by atoms with E-state index < -0.39 is 0 Å². The van der Waals surface area contributed by atoms with Crippen molar-refractivity contribution in [3.05, 3.63) is 16.1 Å². The number of carbonyl (C=O) groups excluding carboxylic acids is 1. The van der Waals surface area contributed by atoms with Gasteiger partial charge in [0.1, 0.15) is 0 Å². The fraction of sp³-hybridized carbons (Fsp3) is 0.750. The molecule has 0 bridgehead atoms. The van der Waals surface area contributed by atoms with Crippen molar-refractivity contribution >= 4 is 29.0 Å². The van der Waals surface area contributed by atoms with Gasteiger partial charge in [-0.1, -0.05) is 0 Å². The summed E-state index contributed by atoms with van der Waals surface area (Å²) >= 11 is 3.82. The Kier molecular flexibility index (Phi) is 4.42. The van der Waals surface area contributed by atoms with Crippen molar-refractivity contribution in [2.75, 3.05) is 31.1 Å². The van der Waals surface area contributed by atoms with Crippen molar-refractivity contribution in [1.82, 2.24) is 14.8 Å². The van der Waals surface area contributed by atoms with Gasteiger partial charge in [0.25, 0.3) is 0 Å². The lowest BCUT2D eigenvalue weighted by molar-refractivity contribution is -0.135. The van der Waals surface area contributed by atoms with Gasteiger partial charge in [-0.25, -0.2) is 4.98 Å². The molecule has 3 aliphatic rings. The van der Waals surface area contributed by atoms with Gasteiger partial charge in [-0.2, -0.15) is 11.8 Å². The first-order valence-electron chi connectivity index (χ1n) is 8.36. The first kappa shape index (κ1) is 15.0. The predicted octanol–water partition coefficient (Wildman–Crippen LogP) is 2.56. The van der Waals surface area contributed by atoms with E-state index in [2.05, 4.69) is 14.8 Å². The normalized spacial score (nSPS) is 26.5. The number of amides is 1. The zero-order valence-electron chi connectivity index (χ0n) is 12.9. The third kappa shape index (κ3) is 3.19. The number of thioether (sulfide) groups is 1. The highest BCUT2D eigenvalue weighted by molar-refractivity contribution is 7.99. The topological polar surface area (TPSA) is 36.4 Å². The zero-order chi connectivity index (χ0) is 14.9. The van der Waals surface area contributed by atoms with Crippen LogP contribution >= 0.6 is 23.1 Å². The van der Waals surface area contributed by atoms with Crippen LogP contribution in [0.2, 0.25) is 0 Å². The second kappa shape index (κ2) is 6.49. The molecule has 3 fully saturated rings. The summed E-state index contributed by atoms with van der Waals surface area (Å²) in [5, 5.41) is 1.31. The molecule has 4 nitrogen and oxygen atoms in total. The van der Waals surface area contributed by atoms with Crippen molar-refractivity contribution in [3.8, 4) is 0 Å².